The first-order valence-corrected chi connectivity index (χ1v) is 12.2. The number of halogens is 3. The number of nitrogens with zero attached hydrogens (tertiary/aromatic N) is 4. The summed E-state index contributed by atoms with van der Waals surface area (Å²) in [6.07, 6.45) is 1.81. The minimum absolute atomic E-state index is 0.0273. The van der Waals surface area contributed by atoms with Gasteiger partial charge in [-0.25, -0.2) is 18.7 Å². The summed E-state index contributed by atoms with van der Waals surface area (Å²) in [4.78, 5) is 27.0. The fourth-order valence-electron chi connectivity index (χ4n) is 3.77. The van der Waals surface area contributed by atoms with E-state index < -0.39 is 11.6 Å². The van der Waals surface area contributed by atoms with Crippen LogP contribution in [-0.2, 0) is 6.61 Å². The topological polar surface area (TPSA) is 69.9 Å². The van der Waals surface area contributed by atoms with E-state index >= 15 is 0 Å². The molecule has 0 aliphatic rings. The van der Waals surface area contributed by atoms with E-state index in [0.717, 1.165) is 40.3 Å². The molecule has 36 heavy (non-hydrogen) atoms. The number of ether oxygens (including phenoxy) is 1. The molecule has 0 atom stereocenters. The molecule has 0 unspecified atom stereocenters. The summed E-state index contributed by atoms with van der Waals surface area (Å²) in [6.45, 7) is 9.42. The molecular formula is C27H25BrF2N4O2. The molecule has 9 heteroatoms. The van der Waals surface area contributed by atoms with Crippen molar-refractivity contribution in [2.75, 3.05) is 0 Å². The number of aromatic nitrogens is 4. The van der Waals surface area contributed by atoms with Gasteiger partial charge in [0.15, 0.2) is 0 Å². The van der Waals surface area contributed by atoms with Gasteiger partial charge in [0.2, 0.25) is 5.88 Å². The lowest BCUT2D eigenvalue weighted by atomic mass is 10.0. The summed E-state index contributed by atoms with van der Waals surface area (Å²) in [5.74, 6) is -0.0712. The standard InChI is InChI=1S/C27H25BrF2N4O2/c1-14(2)25-31-12-16(4)24(33-25)18-7-6-15(3)22(10-18)34-17(5)32-26(23(28)27(34)35)36-13-19-8-9-20(29)11-21(19)30/h6-12,14H,13H2,1-5H3. The van der Waals surface area contributed by atoms with Gasteiger partial charge in [0.1, 0.15) is 34.4 Å². The van der Waals surface area contributed by atoms with Gasteiger partial charge >= 0.3 is 0 Å². The van der Waals surface area contributed by atoms with Crippen molar-refractivity contribution >= 4 is 15.9 Å². The van der Waals surface area contributed by atoms with Crippen molar-refractivity contribution in [1.82, 2.24) is 19.5 Å². The molecule has 0 N–H and O–H groups in total. The molecule has 0 amide bonds. The predicted octanol–water partition coefficient (Wildman–Crippen LogP) is 6.36. The second-order valence-corrected chi connectivity index (χ2v) is 9.65. The average molecular weight is 555 g/mol. The first-order valence-electron chi connectivity index (χ1n) is 11.4. The van der Waals surface area contributed by atoms with Gasteiger partial charge in [0, 0.05) is 29.3 Å². The van der Waals surface area contributed by atoms with Gasteiger partial charge in [0.25, 0.3) is 5.56 Å². The number of rotatable bonds is 6. The van der Waals surface area contributed by atoms with Crippen LogP contribution >= 0.6 is 15.9 Å². The number of benzene rings is 2. The highest BCUT2D eigenvalue weighted by Gasteiger charge is 2.18. The molecule has 0 fully saturated rings. The van der Waals surface area contributed by atoms with Crippen molar-refractivity contribution in [3.8, 4) is 22.8 Å². The minimum Gasteiger partial charge on any atom is -0.472 e. The van der Waals surface area contributed by atoms with Crippen LogP contribution in [0.2, 0.25) is 0 Å². The highest BCUT2D eigenvalue weighted by atomic mass is 79.9. The third-order valence-corrected chi connectivity index (χ3v) is 6.45. The van der Waals surface area contributed by atoms with Gasteiger partial charge in [-0.2, -0.15) is 4.98 Å². The first kappa shape index (κ1) is 25.6. The van der Waals surface area contributed by atoms with Crippen LogP contribution in [-0.4, -0.2) is 19.5 Å². The molecule has 0 spiro atoms. The summed E-state index contributed by atoms with van der Waals surface area (Å²) in [6, 6.07) is 9.03. The Balaban J connectivity index is 1.74. The SMILES string of the molecule is Cc1ccc(-c2nc(C(C)C)ncc2C)cc1-n1c(C)nc(OCc2ccc(F)cc2F)c(Br)c1=O. The van der Waals surface area contributed by atoms with Crippen LogP contribution in [0.4, 0.5) is 8.78 Å². The molecule has 4 aromatic rings. The molecular weight excluding hydrogens is 530 g/mol. The van der Waals surface area contributed by atoms with Gasteiger partial charge < -0.3 is 4.74 Å². The van der Waals surface area contributed by atoms with Crippen LogP contribution < -0.4 is 10.3 Å². The second kappa shape index (κ2) is 10.3. The van der Waals surface area contributed by atoms with Crippen LogP contribution in [0, 0.1) is 32.4 Å². The van der Waals surface area contributed by atoms with E-state index in [9.17, 15) is 13.6 Å². The van der Waals surface area contributed by atoms with Crippen molar-refractivity contribution < 1.29 is 13.5 Å². The largest absolute Gasteiger partial charge is 0.472 e. The Morgan fingerprint density at radius 2 is 1.78 bits per heavy atom. The highest BCUT2D eigenvalue weighted by Crippen LogP contribution is 2.28. The molecule has 0 radical (unpaired) electrons. The van der Waals surface area contributed by atoms with Crippen molar-refractivity contribution in [2.45, 2.75) is 47.1 Å². The van der Waals surface area contributed by atoms with Gasteiger partial charge in [-0.3, -0.25) is 9.36 Å². The van der Waals surface area contributed by atoms with E-state index in [-0.39, 0.29) is 34.0 Å². The Kier molecular flexibility index (Phi) is 7.31. The van der Waals surface area contributed by atoms with Crippen LogP contribution in [0.3, 0.4) is 0 Å². The van der Waals surface area contributed by atoms with Gasteiger partial charge in [-0.1, -0.05) is 26.0 Å². The molecule has 0 aliphatic heterocycles. The van der Waals surface area contributed by atoms with E-state index in [1.54, 1.807) is 6.92 Å². The molecule has 4 rings (SSSR count). The van der Waals surface area contributed by atoms with E-state index in [0.29, 0.717) is 11.5 Å². The van der Waals surface area contributed by atoms with Crippen molar-refractivity contribution in [3.63, 3.8) is 0 Å². The van der Waals surface area contributed by atoms with Gasteiger partial charge in [0.05, 0.1) is 11.4 Å². The second-order valence-electron chi connectivity index (χ2n) is 8.86. The zero-order valence-electron chi connectivity index (χ0n) is 20.6. The average Bonchev–Trinajstić information content (AvgIpc) is 2.83. The fourth-order valence-corrected chi connectivity index (χ4v) is 4.15. The zero-order valence-corrected chi connectivity index (χ0v) is 22.2. The predicted molar refractivity (Wildman–Crippen MR) is 138 cm³/mol. The first-order chi connectivity index (χ1) is 17.1. The van der Waals surface area contributed by atoms with Crippen molar-refractivity contribution in [3.05, 3.63) is 97.4 Å². The Morgan fingerprint density at radius 1 is 1.03 bits per heavy atom. The van der Waals surface area contributed by atoms with Crippen LogP contribution in [0.25, 0.3) is 16.9 Å². The van der Waals surface area contributed by atoms with Crippen LogP contribution in [0.5, 0.6) is 5.88 Å². The number of hydrogen-bond donors (Lipinski definition) is 0. The Bertz CT molecular complexity index is 1520. The lowest BCUT2D eigenvalue weighted by Gasteiger charge is -2.17. The smallest absolute Gasteiger partial charge is 0.276 e. The monoisotopic (exact) mass is 554 g/mol. The summed E-state index contributed by atoms with van der Waals surface area (Å²) in [5, 5.41) is 0. The maximum Gasteiger partial charge on any atom is 0.276 e. The Labute approximate surface area is 216 Å². The van der Waals surface area contributed by atoms with Crippen LogP contribution in [0.1, 0.15) is 48.1 Å². The van der Waals surface area contributed by atoms with Crippen molar-refractivity contribution in [1.29, 1.82) is 0 Å². The normalized spacial score (nSPS) is 11.2. The lowest BCUT2D eigenvalue weighted by molar-refractivity contribution is 0.283. The minimum atomic E-state index is -0.732. The van der Waals surface area contributed by atoms with Crippen LogP contribution in [0.15, 0.2) is 51.9 Å². The summed E-state index contributed by atoms with van der Waals surface area (Å²) in [5.41, 5.74) is 3.88. The molecule has 0 saturated heterocycles. The molecule has 0 saturated carbocycles. The molecule has 0 bridgehead atoms. The van der Waals surface area contributed by atoms with E-state index in [1.165, 1.54) is 10.6 Å². The summed E-state index contributed by atoms with van der Waals surface area (Å²) in [7, 11) is 0. The third-order valence-electron chi connectivity index (χ3n) is 5.78. The van der Waals surface area contributed by atoms with Crippen molar-refractivity contribution in [2.24, 2.45) is 0 Å². The molecule has 6 nitrogen and oxygen atoms in total. The zero-order chi connectivity index (χ0) is 26.1. The lowest BCUT2D eigenvalue weighted by Crippen LogP contribution is -2.24. The quantitative estimate of drug-likeness (QED) is 0.277. The van der Waals surface area contributed by atoms with E-state index in [4.69, 9.17) is 9.72 Å². The summed E-state index contributed by atoms with van der Waals surface area (Å²) < 4.78 is 34.4. The number of hydrogen-bond acceptors (Lipinski definition) is 5. The maximum absolute atomic E-state index is 14.0. The number of aryl methyl sites for hydroxylation is 3. The molecule has 2 aromatic carbocycles. The van der Waals surface area contributed by atoms with Gasteiger partial charge in [-0.05, 0) is 66.0 Å². The fraction of sp³-hybridized carbons (Fsp3) is 0.259. The van der Waals surface area contributed by atoms with E-state index in [2.05, 4.69) is 25.9 Å². The molecule has 2 heterocycles. The maximum atomic E-state index is 14.0. The highest BCUT2D eigenvalue weighted by molar-refractivity contribution is 9.10. The Hall–Kier alpha value is -3.46. The molecule has 186 valence electrons. The third kappa shape index (κ3) is 5.06. The van der Waals surface area contributed by atoms with E-state index in [1.807, 2.05) is 52.1 Å². The molecule has 0 aliphatic carbocycles. The van der Waals surface area contributed by atoms with Gasteiger partial charge in [-0.15, -0.1) is 0 Å². The summed E-state index contributed by atoms with van der Waals surface area (Å²) >= 11 is 3.30. The molecule has 2 aromatic heterocycles. The Morgan fingerprint density at radius 3 is 2.47 bits per heavy atom.